The lowest BCUT2D eigenvalue weighted by Crippen LogP contribution is -2.35. The molecular weight excluding hydrogens is 387 g/mol. The summed E-state index contributed by atoms with van der Waals surface area (Å²) in [5.74, 6) is -0.564. The minimum Gasteiger partial charge on any atom is -0.484 e. The first-order valence-electron chi connectivity index (χ1n) is 9.23. The molecule has 3 rings (SSSR count). The fourth-order valence-corrected chi connectivity index (χ4v) is 2.59. The van der Waals surface area contributed by atoms with Crippen molar-refractivity contribution in [3.05, 3.63) is 90.0 Å². The number of benzene rings is 2. The van der Waals surface area contributed by atoms with Crippen LogP contribution >= 0.6 is 0 Å². The molecule has 0 fully saturated rings. The van der Waals surface area contributed by atoms with Crippen molar-refractivity contribution in [1.82, 2.24) is 10.3 Å². The molecule has 1 atom stereocenters. The van der Waals surface area contributed by atoms with Gasteiger partial charge in [-0.15, -0.1) is 0 Å². The van der Waals surface area contributed by atoms with E-state index < -0.39 is 6.04 Å². The van der Waals surface area contributed by atoms with E-state index in [9.17, 15) is 14.0 Å². The normalized spacial score (nSPS) is 11.4. The van der Waals surface area contributed by atoms with Crippen LogP contribution in [0.25, 0.3) is 0 Å². The molecule has 2 amide bonds. The van der Waals surface area contributed by atoms with E-state index in [0.717, 1.165) is 5.56 Å². The van der Waals surface area contributed by atoms with Gasteiger partial charge >= 0.3 is 0 Å². The second-order valence-electron chi connectivity index (χ2n) is 6.47. The van der Waals surface area contributed by atoms with Gasteiger partial charge < -0.3 is 21.1 Å². The first-order valence-corrected chi connectivity index (χ1v) is 9.23. The predicted molar refractivity (Wildman–Crippen MR) is 110 cm³/mol. The van der Waals surface area contributed by atoms with Crippen molar-refractivity contribution in [2.24, 2.45) is 5.73 Å². The summed E-state index contributed by atoms with van der Waals surface area (Å²) in [6.07, 6.45) is 3.19. The Labute approximate surface area is 173 Å². The van der Waals surface area contributed by atoms with Crippen LogP contribution in [0.2, 0.25) is 0 Å². The maximum Gasteiger partial charge on any atom is 0.258 e. The number of ether oxygens (including phenoxy) is 1. The van der Waals surface area contributed by atoms with Crippen molar-refractivity contribution in [2.75, 3.05) is 18.5 Å². The van der Waals surface area contributed by atoms with Crippen LogP contribution in [0.3, 0.4) is 0 Å². The Kier molecular flexibility index (Phi) is 7.07. The minimum atomic E-state index is -0.447. The van der Waals surface area contributed by atoms with Crippen LogP contribution in [0.15, 0.2) is 73.1 Å². The van der Waals surface area contributed by atoms with Crippen LogP contribution in [0.5, 0.6) is 5.75 Å². The molecule has 8 heteroatoms. The average Bonchev–Trinajstić information content (AvgIpc) is 2.78. The van der Waals surface area contributed by atoms with Crippen molar-refractivity contribution >= 4 is 17.5 Å². The molecule has 0 saturated carbocycles. The molecule has 1 unspecified atom stereocenters. The molecule has 1 aromatic heterocycles. The van der Waals surface area contributed by atoms with Crippen molar-refractivity contribution < 1.29 is 18.7 Å². The average molecular weight is 408 g/mol. The lowest BCUT2D eigenvalue weighted by atomic mass is 10.0. The van der Waals surface area contributed by atoms with Gasteiger partial charge in [-0.05, 0) is 54.1 Å². The number of hydrogen-bond donors (Lipinski definition) is 3. The van der Waals surface area contributed by atoms with E-state index in [1.54, 1.807) is 48.8 Å². The Morgan fingerprint density at radius 2 is 1.67 bits per heavy atom. The van der Waals surface area contributed by atoms with Gasteiger partial charge in [-0.25, -0.2) is 4.39 Å². The molecule has 0 aliphatic carbocycles. The Hall–Kier alpha value is -3.78. The second kappa shape index (κ2) is 10.1. The number of anilines is 1. The highest BCUT2D eigenvalue weighted by atomic mass is 19.1. The highest BCUT2D eigenvalue weighted by Crippen LogP contribution is 2.14. The molecule has 154 valence electrons. The summed E-state index contributed by atoms with van der Waals surface area (Å²) in [6, 6.07) is 15.2. The lowest BCUT2D eigenvalue weighted by molar-refractivity contribution is -0.123. The predicted octanol–water partition coefficient (Wildman–Crippen LogP) is 2.67. The van der Waals surface area contributed by atoms with Crippen LogP contribution in [0.4, 0.5) is 10.1 Å². The van der Waals surface area contributed by atoms with Crippen LogP contribution in [0.1, 0.15) is 22.0 Å². The smallest absolute Gasteiger partial charge is 0.258 e. The van der Waals surface area contributed by atoms with Gasteiger partial charge in [-0.1, -0.05) is 12.1 Å². The summed E-state index contributed by atoms with van der Waals surface area (Å²) < 4.78 is 18.1. The van der Waals surface area contributed by atoms with Crippen LogP contribution < -0.4 is 21.1 Å². The van der Waals surface area contributed by atoms with E-state index in [2.05, 4.69) is 15.6 Å². The number of pyridine rings is 1. The summed E-state index contributed by atoms with van der Waals surface area (Å²) in [7, 11) is 0. The topological polar surface area (TPSA) is 106 Å². The van der Waals surface area contributed by atoms with Crippen molar-refractivity contribution in [3.8, 4) is 5.75 Å². The molecule has 0 aliphatic heterocycles. The first-order chi connectivity index (χ1) is 14.5. The number of hydrogen-bond acceptors (Lipinski definition) is 5. The second-order valence-corrected chi connectivity index (χ2v) is 6.47. The summed E-state index contributed by atoms with van der Waals surface area (Å²) in [4.78, 5) is 28.1. The number of carbonyl (C=O) groups is 2. The molecule has 1 heterocycles. The molecule has 0 saturated heterocycles. The molecule has 0 spiro atoms. The van der Waals surface area contributed by atoms with Gasteiger partial charge in [0, 0.05) is 36.2 Å². The molecule has 7 nitrogen and oxygen atoms in total. The van der Waals surface area contributed by atoms with Gasteiger partial charge in [-0.2, -0.15) is 0 Å². The molecule has 0 bridgehead atoms. The number of halogens is 1. The highest BCUT2D eigenvalue weighted by Gasteiger charge is 2.11. The SMILES string of the molecule is NC(CNC(=O)COc1ccc(F)cc1)c1ccc(C(=O)Nc2ccncc2)cc1. The van der Waals surface area contributed by atoms with E-state index in [0.29, 0.717) is 17.0 Å². The molecular formula is C22H21FN4O3. The third-order valence-corrected chi connectivity index (χ3v) is 4.24. The van der Waals surface area contributed by atoms with Gasteiger partial charge in [0.2, 0.25) is 0 Å². The minimum absolute atomic E-state index is 0.202. The lowest BCUT2D eigenvalue weighted by Gasteiger charge is -2.14. The van der Waals surface area contributed by atoms with Gasteiger partial charge in [0.05, 0.1) is 0 Å². The fraction of sp³-hybridized carbons (Fsp3) is 0.136. The first kappa shape index (κ1) is 20.9. The zero-order chi connectivity index (χ0) is 21.3. The van der Waals surface area contributed by atoms with Gasteiger partial charge in [-0.3, -0.25) is 14.6 Å². The summed E-state index contributed by atoms with van der Waals surface area (Å²) in [5.41, 5.74) is 8.03. The zero-order valence-electron chi connectivity index (χ0n) is 16.0. The number of amides is 2. The van der Waals surface area contributed by atoms with E-state index in [-0.39, 0.29) is 30.8 Å². The van der Waals surface area contributed by atoms with Gasteiger partial charge in [0.15, 0.2) is 6.61 Å². The van der Waals surface area contributed by atoms with Crippen molar-refractivity contribution in [2.45, 2.75) is 6.04 Å². The maximum atomic E-state index is 12.9. The van der Waals surface area contributed by atoms with Crippen molar-refractivity contribution in [1.29, 1.82) is 0 Å². The van der Waals surface area contributed by atoms with Gasteiger partial charge in [0.25, 0.3) is 11.8 Å². The molecule has 0 aliphatic rings. The van der Waals surface area contributed by atoms with E-state index >= 15 is 0 Å². The van der Waals surface area contributed by atoms with Gasteiger partial charge in [0.1, 0.15) is 11.6 Å². The highest BCUT2D eigenvalue weighted by molar-refractivity contribution is 6.04. The Morgan fingerprint density at radius 3 is 2.33 bits per heavy atom. The summed E-state index contributed by atoms with van der Waals surface area (Å²) >= 11 is 0. The standard InChI is InChI=1S/C22H21FN4O3/c23-17-5-7-19(8-6-17)30-14-21(28)26-13-20(24)15-1-3-16(4-2-15)22(29)27-18-9-11-25-12-10-18/h1-12,20H,13-14,24H2,(H,26,28)(H,25,27,29). The third kappa shape index (κ3) is 6.11. The number of rotatable bonds is 8. The number of aromatic nitrogens is 1. The summed E-state index contributed by atoms with van der Waals surface area (Å²) in [6.45, 7) is 0.000632. The molecule has 30 heavy (non-hydrogen) atoms. The van der Waals surface area contributed by atoms with Crippen molar-refractivity contribution in [3.63, 3.8) is 0 Å². The quantitative estimate of drug-likeness (QED) is 0.531. The molecule has 2 aromatic carbocycles. The summed E-state index contributed by atoms with van der Waals surface area (Å²) in [5, 5.41) is 5.46. The van der Waals surface area contributed by atoms with Crippen LogP contribution in [-0.2, 0) is 4.79 Å². The van der Waals surface area contributed by atoms with Crippen LogP contribution in [-0.4, -0.2) is 29.9 Å². The Balaban J connectivity index is 1.45. The fourth-order valence-electron chi connectivity index (χ4n) is 2.59. The van der Waals surface area contributed by atoms with Crippen LogP contribution in [0, 0.1) is 5.82 Å². The molecule has 4 N–H and O–H groups in total. The van der Waals surface area contributed by atoms with E-state index in [1.165, 1.54) is 24.3 Å². The third-order valence-electron chi connectivity index (χ3n) is 4.24. The number of carbonyl (C=O) groups excluding carboxylic acids is 2. The largest absolute Gasteiger partial charge is 0.484 e. The van der Waals surface area contributed by atoms with E-state index in [1.807, 2.05) is 0 Å². The van der Waals surface area contributed by atoms with E-state index in [4.69, 9.17) is 10.5 Å². The molecule has 3 aromatic rings. The number of nitrogens with two attached hydrogens (primary N) is 1. The molecule has 0 radical (unpaired) electrons. The Bertz CT molecular complexity index is 980. The number of nitrogens with zero attached hydrogens (tertiary/aromatic N) is 1. The number of nitrogens with one attached hydrogen (secondary N) is 2. The Morgan fingerprint density at radius 1 is 1.00 bits per heavy atom. The maximum absolute atomic E-state index is 12.9. The monoisotopic (exact) mass is 408 g/mol. The zero-order valence-corrected chi connectivity index (χ0v) is 16.0.